The number of carbonyl (C=O) groups excluding carboxylic acids is 1. The van der Waals surface area contributed by atoms with Crippen LogP contribution >= 0.6 is 0 Å². The first-order chi connectivity index (χ1) is 6.74. The van der Waals surface area contributed by atoms with Crippen molar-refractivity contribution >= 4 is 17.2 Å². The van der Waals surface area contributed by atoms with E-state index in [9.17, 15) is 4.79 Å². The summed E-state index contributed by atoms with van der Waals surface area (Å²) in [6.45, 7) is 3.43. The minimum absolute atomic E-state index is 0.0101. The largest absolute Gasteiger partial charge is 0.293 e. The summed E-state index contributed by atoms with van der Waals surface area (Å²) in [6.07, 6.45) is 0.648. The van der Waals surface area contributed by atoms with Crippen molar-refractivity contribution in [3.63, 3.8) is 0 Å². The molecule has 74 valence electrons. The zero-order chi connectivity index (χ0) is 10.4. The van der Waals surface area contributed by atoms with E-state index >= 15 is 0 Å². The fourth-order valence-electron chi connectivity index (χ4n) is 1.05. The Morgan fingerprint density at radius 2 is 2.00 bits per heavy atom. The molecule has 0 aliphatic heterocycles. The lowest BCUT2D eigenvalue weighted by Gasteiger charge is -2.01. The van der Waals surface area contributed by atoms with Gasteiger partial charge >= 0.3 is 0 Å². The van der Waals surface area contributed by atoms with Gasteiger partial charge in [0.25, 0.3) is 0 Å². The van der Waals surface area contributed by atoms with Crippen molar-refractivity contribution in [1.29, 1.82) is 0 Å². The van der Waals surface area contributed by atoms with Crippen LogP contribution in [0.2, 0.25) is 0 Å². The minimum Gasteiger partial charge on any atom is -0.293 e. The molecule has 1 aromatic carbocycles. The molecule has 0 aromatic heterocycles. The van der Waals surface area contributed by atoms with Crippen LogP contribution in [0.3, 0.4) is 0 Å². The molecule has 0 unspecified atom stereocenters. The lowest BCUT2D eigenvalue weighted by Crippen LogP contribution is -2.10. The zero-order valence-corrected chi connectivity index (χ0v) is 8.45. The first-order valence-electron chi connectivity index (χ1n) is 4.62. The van der Waals surface area contributed by atoms with E-state index in [1.165, 1.54) is 6.92 Å². The Hall–Kier alpha value is -1.64. The van der Waals surface area contributed by atoms with Crippen LogP contribution in [-0.4, -0.2) is 11.5 Å². The van der Waals surface area contributed by atoms with Crippen LogP contribution in [0.4, 0.5) is 5.69 Å². The number of rotatable bonds is 4. The van der Waals surface area contributed by atoms with Crippen LogP contribution in [0.1, 0.15) is 20.3 Å². The summed E-state index contributed by atoms with van der Waals surface area (Å²) < 4.78 is 0. The number of ketones is 1. The molecule has 1 rings (SSSR count). The first kappa shape index (κ1) is 10.4. The highest BCUT2D eigenvalue weighted by Crippen LogP contribution is 2.04. The summed E-state index contributed by atoms with van der Waals surface area (Å²) in [7, 11) is 0. The minimum atomic E-state index is 0.0101. The number of Topliss-reactive ketones (excluding diaryl/α,β-unsaturated/α-hetero) is 1. The number of nitrogens with zero attached hydrogens (tertiary/aromatic N) is 1. The van der Waals surface area contributed by atoms with E-state index in [1.54, 1.807) is 0 Å². The number of hydrogen-bond acceptors (Lipinski definition) is 3. The number of nitrogens with one attached hydrogen (secondary N) is 1. The second-order valence-corrected chi connectivity index (χ2v) is 2.95. The SMILES string of the molecule is CCC(=NNc1ccccc1)C(C)=O. The van der Waals surface area contributed by atoms with Crippen LogP contribution in [0.15, 0.2) is 35.4 Å². The second kappa shape index (κ2) is 5.17. The molecule has 0 bridgehead atoms. The molecule has 0 amide bonds. The van der Waals surface area contributed by atoms with Gasteiger partial charge in [-0.2, -0.15) is 5.10 Å². The Kier molecular flexibility index (Phi) is 3.85. The Labute approximate surface area is 83.8 Å². The molecule has 3 nitrogen and oxygen atoms in total. The van der Waals surface area contributed by atoms with Gasteiger partial charge in [0, 0.05) is 6.92 Å². The zero-order valence-electron chi connectivity index (χ0n) is 8.45. The van der Waals surface area contributed by atoms with Gasteiger partial charge in [-0.15, -0.1) is 0 Å². The number of anilines is 1. The number of para-hydroxylation sites is 1. The maximum atomic E-state index is 11.0. The highest BCUT2D eigenvalue weighted by molar-refractivity contribution is 6.38. The molecule has 0 heterocycles. The van der Waals surface area contributed by atoms with E-state index < -0.39 is 0 Å². The summed E-state index contributed by atoms with van der Waals surface area (Å²) in [5.41, 5.74) is 4.30. The Morgan fingerprint density at radius 3 is 2.50 bits per heavy atom. The highest BCUT2D eigenvalue weighted by Gasteiger charge is 2.01. The molecule has 0 saturated carbocycles. The molecule has 14 heavy (non-hydrogen) atoms. The van der Waals surface area contributed by atoms with Gasteiger partial charge in [0.1, 0.15) is 5.71 Å². The first-order valence-corrected chi connectivity index (χ1v) is 4.62. The average molecular weight is 190 g/mol. The topological polar surface area (TPSA) is 41.5 Å². The second-order valence-electron chi connectivity index (χ2n) is 2.95. The quantitative estimate of drug-likeness (QED) is 0.585. The van der Waals surface area contributed by atoms with Crippen molar-refractivity contribution in [3.05, 3.63) is 30.3 Å². The molecule has 0 spiro atoms. The Bertz CT molecular complexity index is 330. The van der Waals surface area contributed by atoms with Crippen LogP contribution in [0.5, 0.6) is 0 Å². The van der Waals surface area contributed by atoms with E-state index in [2.05, 4.69) is 10.5 Å². The molecule has 0 fully saturated rings. The standard InChI is InChI=1S/C11H14N2O/c1-3-11(9(2)14)13-12-10-7-5-4-6-8-10/h4-8,12H,3H2,1-2H3. The summed E-state index contributed by atoms with van der Waals surface area (Å²) in [4.78, 5) is 11.0. The molecule has 0 aliphatic rings. The molecule has 3 heteroatoms. The normalized spacial score (nSPS) is 11.1. The number of benzene rings is 1. The van der Waals surface area contributed by atoms with Crippen LogP contribution in [-0.2, 0) is 4.79 Å². The summed E-state index contributed by atoms with van der Waals surface area (Å²) in [5, 5.41) is 4.03. The average Bonchev–Trinajstić information content (AvgIpc) is 2.20. The van der Waals surface area contributed by atoms with Gasteiger partial charge in [-0.05, 0) is 18.6 Å². The van der Waals surface area contributed by atoms with Gasteiger partial charge in [-0.25, -0.2) is 0 Å². The van der Waals surface area contributed by atoms with E-state index in [4.69, 9.17) is 0 Å². The van der Waals surface area contributed by atoms with Gasteiger partial charge in [0.15, 0.2) is 5.78 Å². The summed E-state index contributed by atoms with van der Waals surface area (Å²) >= 11 is 0. The predicted molar refractivity (Wildman–Crippen MR) is 58.5 cm³/mol. The number of carbonyl (C=O) groups is 1. The number of hydrogen-bond donors (Lipinski definition) is 1. The van der Waals surface area contributed by atoms with Crippen LogP contribution in [0, 0.1) is 0 Å². The third-order valence-corrected chi connectivity index (χ3v) is 1.84. The molecule has 0 saturated heterocycles. The summed E-state index contributed by atoms with van der Waals surface area (Å²) in [6, 6.07) is 9.56. The van der Waals surface area contributed by atoms with Gasteiger partial charge in [0.2, 0.25) is 0 Å². The van der Waals surface area contributed by atoms with Gasteiger partial charge < -0.3 is 0 Å². The van der Waals surface area contributed by atoms with E-state index in [0.717, 1.165) is 5.69 Å². The van der Waals surface area contributed by atoms with Gasteiger partial charge in [0.05, 0.1) is 5.69 Å². The van der Waals surface area contributed by atoms with Gasteiger partial charge in [-0.3, -0.25) is 10.2 Å². The Morgan fingerprint density at radius 1 is 1.36 bits per heavy atom. The highest BCUT2D eigenvalue weighted by atomic mass is 16.1. The Balaban J connectivity index is 2.66. The van der Waals surface area contributed by atoms with E-state index in [0.29, 0.717) is 12.1 Å². The van der Waals surface area contributed by atoms with Crippen LogP contribution < -0.4 is 5.43 Å². The van der Waals surface area contributed by atoms with Crippen molar-refractivity contribution in [2.45, 2.75) is 20.3 Å². The van der Waals surface area contributed by atoms with Gasteiger partial charge in [-0.1, -0.05) is 25.1 Å². The molecule has 1 aromatic rings. The smallest absolute Gasteiger partial charge is 0.175 e. The molecular formula is C11H14N2O. The lowest BCUT2D eigenvalue weighted by molar-refractivity contribution is -0.111. The van der Waals surface area contributed by atoms with Crippen LogP contribution in [0.25, 0.3) is 0 Å². The molecular weight excluding hydrogens is 176 g/mol. The maximum absolute atomic E-state index is 11.0. The third kappa shape index (κ3) is 3.01. The van der Waals surface area contributed by atoms with Crippen molar-refractivity contribution < 1.29 is 4.79 Å². The van der Waals surface area contributed by atoms with Crippen molar-refractivity contribution in [1.82, 2.24) is 0 Å². The van der Waals surface area contributed by atoms with E-state index in [-0.39, 0.29) is 5.78 Å². The fourth-order valence-corrected chi connectivity index (χ4v) is 1.05. The van der Waals surface area contributed by atoms with Crippen molar-refractivity contribution in [3.8, 4) is 0 Å². The molecule has 1 N–H and O–H groups in total. The lowest BCUT2D eigenvalue weighted by atomic mass is 10.2. The van der Waals surface area contributed by atoms with Crippen molar-refractivity contribution in [2.75, 3.05) is 5.43 Å². The monoisotopic (exact) mass is 190 g/mol. The molecule has 0 aliphatic carbocycles. The molecule has 0 atom stereocenters. The fraction of sp³-hybridized carbons (Fsp3) is 0.273. The van der Waals surface area contributed by atoms with Crippen molar-refractivity contribution in [2.24, 2.45) is 5.10 Å². The molecule has 0 radical (unpaired) electrons. The van der Waals surface area contributed by atoms with E-state index in [1.807, 2.05) is 37.3 Å². The summed E-state index contributed by atoms with van der Waals surface area (Å²) in [5.74, 6) is 0.0101. The third-order valence-electron chi connectivity index (χ3n) is 1.84. The maximum Gasteiger partial charge on any atom is 0.175 e. The predicted octanol–water partition coefficient (Wildman–Crippen LogP) is 2.45. The number of hydrazone groups is 1.